The van der Waals surface area contributed by atoms with Crippen molar-refractivity contribution in [3.05, 3.63) is 54.4 Å². The maximum atomic E-state index is 13.1. The fraction of sp³-hybridized carbons (Fsp3) is 0.261. The van der Waals surface area contributed by atoms with Gasteiger partial charge in [0.05, 0.1) is 22.8 Å². The molecule has 3 amide bonds. The number of carbonyl (C=O) groups excluding carboxylic acids is 3. The van der Waals surface area contributed by atoms with E-state index < -0.39 is 0 Å². The molecular formula is C23H22N6O3S. The summed E-state index contributed by atoms with van der Waals surface area (Å²) in [4.78, 5) is 38.1. The Kier molecular flexibility index (Phi) is 5.59. The molecule has 33 heavy (non-hydrogen) atoms. The molecule has 2 aromatic carbocycles. The van der Waals surface area contributed by atoms with Crippen molar-refractivity contribution >= 4 is 46.5 Å². The van der Waals surface area contributed by atoms with Crippen LogP contribution < -0.4 is 15.5 Å². The molecular weight excluding hydrogens is 440 g/mol. The minimum atomic E-state index is -0.221. The Morgan fingerprint density at radius 2 is 1.97 bits per heavy atom. The largest absolute Gasteiger partial charge is 0.326 e. The number of para-hydroxylation sites is 2. The molecule has 2 aliphatic rings. The summed E-state index contributed by atoms with van der Waals surface area (Å²) in [7, 11) is 0. The Labute approximate surface area is 194 Å². The van der Waals surface area contributed by atoms with Crippen LogP contribution in [-0.4, -0.2) is 44.8 Å². The highest BCUT2D eigenvalue weighted by Crippen LogP contribution is 2.41. The van der Waals surface area contributed by atoms with Crippen LogP contribution in [0.4, 0.5) is 17.1 Å². The van der Waals surface area contributed by atoms with Crippen LogP contribution in [0.1, 0.15) is 31.5 Å². The van der Waals surface area contributed by atoms with Crippen LogP contribution >= 0.6 is 11.8 Å². The first kappa shape index (κ1) is 21.2. The first-order valence-corrected chi connectivity index (χ1v) is 11.6. The van der Waals surface area contributed by atoms with E-state index in [-0.39, 0.29) is 30.0 Å². The van der Waals surface area contributed by atoms with Gasteiger partial charge >= 0.3 is 0 Å². The molecule has 0 spiro atoms. The van der Waals surface area contributed by atoms with E-state index in [1.54, 1.807) is 6.07 Å². The Morgan fingerprint density at radius 3 is 2.76 bits per heavy atom. The van der Waals surface area contributed by atoms with E-state index in [0.29, 0.717) is 28.1 Å². The first-order chi connectivity index (χ1) is 16.0. The zero-order chi connectivity index (χ0) is 22.9. The number of thioether (sulfide) groups is 1. The van der Waals surface area contributed by atoms with Gasteiger partial charge < -0.3 is 15.5 Å². The topological polar surface area (TPSA) is 109 Å². The quantitative estimate of drug-likeness (QED) is 0.545. The summed E-state index contributed by atoms with van der Waals surface area (Å²) in [5.74, 6) is 0.745. The maximum Gasteiger partial charge on any atom is 0.244 e. The summed E-state index contributed by atoms with van der Waals surface area (Å²) in [6.07, 6.45) is 2.10. The molecule has 1 aliphatic heterocycles. The van der Waals surface area contributed by atoms with Crippen LogP contribution in [0.5, 0.6) is 0 Å². The molecule has 2 N–H and O–H groups in total. The molecule has 0 unspecified atom stereocenters. The number of amides is 3. The van der Waals surface area contributed by atoms with Gasteiger partial charge in [0.15, 0.2) is 5.16 Å². The average Bonchev–Trinajstić information content (AvgIpc) is 3.55. The zero-order valence-electron chi connectivity index (χ0n) is 17.9. The molecule has 168 valence electrons. The lowest BCUT2D eigenvalue weighted by Crippen LogP contribution is -2.43. The number of fused-ring (bicyclic) bond motifs is 1. The summed E-state index contributed by atoms with van der Waals surface area (Å²) in [5, 5.41) is 14.9. The number of hydrogen-bond acceptors (Lipinski definition) is 6. The molecule has 0 atom stereocenters. The smallest absolute Gasteiger partial charge is 0.244 e. The fourth-order valence-corrected chi connectivity index (χ4v) is 4.64. The fourth-order valence-electron chi connectivity index (χ4n) is 3.81. The van der Waals surface area contributed by atoms with Crippen LogP contribution in [0.2, 0.25) is 0 Å². The lowest BCUT2D eigenvalue weighted by molar-refractivity contribution is -0.120. The van der Waals surface area contributed by atoms with E-state index in [1.165, 1.54) is 23.6 Å². The Morgan fingerprint density at radius 1 is 1.15 bits per heavy atom. The molecule has 1 saturated carbocycles. The van der Waals surface area contributed by atoms with Crippen LogP contribution in [0.25, 0.3) is 5.69 Å². The van der Waals surface area contributed by atoms with E-state index in [0.717, 1.165) is 24.4 Å². The van der Waals surface area contributed by atoms with Crippen molar-refractivity contribution in [2.45, 2.75) is 30.8 Å². The van der Waals surface area contributed by atoms with Gasteiger partial charge in [-0.3, -0.25) is 19.0 Å². The van der Waals surface area contributed by atoms with Gasteiger partial charge in [-0.25, -0.2) is 0 Å². The number of anilines is 3. The lowest BCUT2D eigenvalue weighted by atomic mass is 10.2. The molecule has 10 heteroatoms. The second-order valence-corrected chi connectivity index (χ2v) is 8.96. The standard InChI is InChI=1S/C23H22N6O3S/c1-14(30)24-16-5-4-6-17(11-16)29-22(15-9-10-15)26-27-23(29)33-13-21(32)28-12-20(31)25-18-7-2-3-8-19(18)28/h2-8,11,15H,9-10,12-13H2,1H3,(H,24,30)(H,25,31). The highest BCUT2D eigenvalue weighted by atomic mass is 32.2. The van der Waals surface area contributed by atoms with E-state index in [4.69, 9.17) is 0 Å². The van der Waals surface area contributed by atoms with E-state index >= 15 is 0 Å². The van der Waals surface area contributed by atoms with Crippen LogP contribution in [0.15, 0.2) is 53.7 Å². The minimum Gasteiger partial charge on any atom is -0.326 e. The Bertz CT molecular complexity index is 1250. The van der Waals surface area contributed by atoms with Gasteiger partial charge in [-0.05, 0) is 43.2 Å². The van der Waals surface area contributed by atoms with Crippen molar-refractivity contribution in [2.75, 3.05) is 27.8 Å². The van der Waals surface area contributed by atoms with Gasteiger partial charge in [-0.15, -0.1) is 10.2 Å². The number of aromatic nitrogens is 3. The lowest BCUT2D eigenvalue weighted by Gasteiger charge is -2.29. The highest BCUT2D eigenvalue weighted by molar-refractivity contribution is 7.99. The minimum absolute atomic E-state index is 0.0187. The number of rotatable bonds is 6. The molecule has 1 fully saturated rings. The van der Waals surface area contributed by atoms with Crippen LogP contribution in [-0.2, 0) is 14.4 Å². The van der Waals surface area contributed by atoms with Crippen molar-refractivity contribution in [2.24, 2.45) is 0 Å². The van der Waals surface area contributed by atoms with Gasteiger partial charge in [0.1, 0.15) is 12.4 Å². The number of nitrogens with zero attached hydrogens (tertiary/aromatic N) is 4. The first-order valence-electron chi connectivity index (χ1n) is 10.6. The molecule has 3 aromatic rings. The van der Waals surface area contributed by atoms with E-state index in [1.807, 2.05) is 47.0 Å². The molecule has 1 aliphatic carbocycles. The second kappa shape index (κ2) is 8.70. The van der Waals surface area contributed by atoms with Crippen molar-refractivity contribution in [3.63, 3.8) is 0 Å². The predicted molar refractivity (Wildman–Crippen MR) is 126 cm³/mol. The Balaban J connectivity index is 1.40. The van der Waals surface area contributed by atoms with Crippen molar-refractivity contribution in [1.29, 1.82) is 0 Å². The zero-order valence-corrected chi connectivity index (χ0v) is 18.8. The third-order valence-corrected chi connectivity index (χ3v) is 6.34. The third-order valence-electron chi connectivity index (χ3n) is 5.42. The number of benzene rings is 2. The highest BCUT2D eigenvalue weighted by Gasteiger charge is 2.32. The van der Waals surface area contributed by atoms with Gasteiger partial charge in [-0.2, -0.15) is 0 Å². The van der Waals surface area contributed by atoms with Crippen LogP contribution in [0, 0.1) is 0 Å². The summed E-state index contributed by atoms with van der Waals surface area (Å²) < 4.78 is 1.96. The summed E-state index contributed by atoms with van der Waals surface area (Å²) in [6, 6.07) is 14.7. The molecule has 5 rings (SSSR count). The molecule has 9 nitrogen and oxygen atoms in total. The van der Waals surface area contributed by atoms with Crippen molar-refractivity contribution in [1.82, 2.24) is 14.8 Å². The second-order valence-electron chi connectivity index (χ2n) is 8.02. The maximum absolute atomic E-state index is 13.1. The molecule has 2 heterocycles. The Hall–Kier alpha value is -3.66. The number of nitrogens with one attached hydrogen (secondary N) is 2. The molecule has 0 saturated heterocycles. The van der Waals surface area contributed by atoms with E-state index in [9.17, 15) is 14.4 Å². The SMILES string of the molecule is CC(=O)Nc1cccc(-n2c(SCC(=O)N3CC(=O)Nc4ccccc43)nnc2C2CC2)c1. The number of carbonyl (C=O) groups is 3. The van der Waals surface area contributed by atoms with Gasteiger partial charge in [0, 0.05) is 18.5 Å². The molecule has 0 radical (unpaired) electrons. The summed E-state index contributed by atoms with van der Waals surface area (Å²) in [5.41, 5.74) is 2.82. The van der Waals surface area contributed by atoms with Gasteiger partial charge in [-0.1, -0.05) is 30.0 Å². The van der Waals surface area contributed by atoms with E-state index in [2.05, 4.69) is 20.8 Å². The van der Waals surface area contributed by atoms with Crippen molar-refractivity contribution < 1.29 is 14.4 Å². The molecule has 1 aromatic heterocycles. The van der Waals surface area contributed by atoms with Crippen molar-refractivity contribution in [3.8, 4) is 5.69 Å². The summed E-state index contributed by atoms with van der Waals surface area (Å²) in [6.45, 7) is 1.45. The average molecular weight is 463 g/mol. The van der Waals surface area contributed by atoms with Crippen LogP contribution in [0.3, 0.4) is 0 Å². The third kappa shape index (κ3) is 4.47. The summed E-state index contributed by atoms with van der Waals surface area (Å²) >= 11 is 1.28. The monoisotopic (exact) mass is 462 g/mol. The number of hydrogen-bond donors (Lipinski definition) is 2. The predicted octanol–water partition coefficient (Wildman–Crippen LogP) is 3.18. The van der Waals surface area contributed by atoms with Gasteiger partial charge in [0.2, 0.25) is 17.7 Å². The normalized spacial score (nSPS) is 15.1. The molecule has 0 bridgehead atoms. The van der Waals surface area contributed by atoms with Gasteiger partial charge in [0.25, 0.3) is 0 Å².